The third-order valence-corrected chi connectivity index (χ3v) is 3.75. The quantitative estimate of drug-likeness (QED) is 0.872. The van der Waals surface area contributed by atoms with Gasteiger partial charge in [0.2, 0.25) is 0 Å². The molecule has 1 aromatic rings. The van der Waals surface area contributed by atoms with E-state index in [4.69, 9.17) is 4.74 Å². The molecule has 1 fully saturated rings. The van der Waals surface area contributed by atoms with Crippen molar-refractivity contribution < 1.29 is 9.53 Å². The summed E-state index contributed by atoms with van der Waals surface area (Å²) in [6, 6.07) is 0.412. The van der Waals surface area contributed by atoms with Crippen LogP contribution in [0.4, 0.5) is 4.79 Å². The maximum absolute atomic E-state index is 11.7. The molecule has 2 N–H and O–H groups in total. The third-order valence-electron chi connectivity index (χ3n) is 3.75. The fourth-order valence-electron chi connectivity index (χ4n) is 2.75. The molecule has 22 heavy (non-hydrogen) atoms. The molecular weight excluding hydrogens is 280 g/mol. The van der Waals surface area contributed by atoms with Gasteiger partial charge in [0, 0.05) is 37.1 Å². The van der Waals surface area contributed by atoms with E-state index in [2.05, 4.69) is 20.6 Å². The number of alkyl carbamates (subject to hydrolysis) is 1. The molecule has 1 saturated carbocycles. The number of nitrogens with zero attached hydrogens (tertiary/aromatic N) is 2. The van der Waals surface area contributed by atoms with Crippen molar-refractivity contribution in [2.45, 2.75) is 58.2 Å². The molecule has 1 aliphatic carbocycles. The highest BCUT2D eigenvalue weighted by atomic mass is 16.6. The van der Waals surface area contributed by atoms with Crippen LogP contribution in [0, 0.1) is 5.92 Å². The van der Waals surface area contributed by atoms with E-state index in [0.29, 0.717) is 18.5 Å². The summed E-state index contributed by atoms with van der Waals surface area (Å²) < 4.78 is 5.28. The van der Waals surface area contributed by atoms with Gasteiger partial charge < -0.3 is 15.4 Å². The van der Waals surface area contributed by atoms with Crippen LogP contribution in [0.25, 0.3) is 0 Å². The first-order chi connectivity index (χ1) is 10.4. The zero-order valence-corrected chi connectivity index (χ0v) is 13.6. The van der Waals surface area contributed by atoms with Crippen molar-refractivity contribution in [2.24, 2.45) is 5.92 Å². The second-order valence-corrected chi connectivity index (χ2v) is 6.81. The van der Waals surface area contributed by atoms with Crippen molar-refractivity contribution in [1.82, 2.24) is 20.6 Å². The molecule has 1 heterocycles. The molecule has 6 heteroatoms. The molecule has 1 aliphatic rings. The average Bonchev–Trinajstić information content (AvgIpc) is 2.90. The van der Waals surface area contributed by atoms with Crippen LogP contribution in [-0.2, 0) is 11.3 Å². The van der Waals surface area contributed by atoms with Gasteiger partial charge in [-0.05, 0) is 39.5 Å². The minimum Gasteiger partial charge on any atom is -0.444 e. The number of rotatable bonds is 5. The van der Waals surface area contributed by atoms with E-state index in [1.165, 1.54) is 12.7 Å². The molecule has 1 aromatic heterocycles. The molecule has 0 bridgehead atoms. The highest BCUT2D eigenvalue weighted by Crippen LogP contribution is 2.25. The van der Waals surface area contributed by atoms with Gasteiger partial charge in [0.1, 0.15) is 11.9 Å². The first-order valence-corrected chi connectivity index (χ1v) is 7.88. The number of carbonyl (C=O) groups excluding carboxylic acids is 1. The lowest BCUT2D eigenvalue weighted by molar-refractivity contribution is 0.0517. The van der Waals surface area contributed by atoms with Crippen LogP contribution in [0.15, 0.2) is 18.7 Å². The molecule has 2 rings (SSSR count). The van der Waals surface area contributed by atoms with Crippen molar-refractivity contribution in [2.75, 3.05) is 6.54 Å². The highest BCUT2D eigenvalue weighted by Gasteiger charge is 2.27. The van der Waals surface area contributed by atoms with Gasteiger partial charge in [0.15, 0.2) is 0 Å². The third kappa shape index (κ3) is 5.60. The molecule has 2 atom stereocenters. The number of hydrogen-bond donors (Lipinski definition) is 2. The summed E-state index contributed by atoms with van der Waals surface area (Å²) in [6.07, 6.45) is 8.28. The van der Waals surface area contributed by atoms with Gasteiger partial charge in [-0.2, -0.15) is 0 Å². The average molecular weight is 306 g/mol. The van der Waals surface area contributed by atoms with Crippen molar-refractivity contribution in [3.63, 3.8) is 0 Å². The summed E-state index contributed by atoms with van der Waals surface area (Å²) >= 11 is 0. The molecule has 2 unspecified atom stereocenters. The molecule has 1 amide bonds. The van der Waals surface area contributed by atoms with Crippen LogP contribution < -0.4 is 10.6 Å². The van der Waals surface area contributed by atoms with Gasteiger partial charge in [-0.1, -0.05) is 6.42 Å². The number of hydrogen-bond acceptors (Lipinski definition) is 5. The highest BCUT2D eigenvalue weighted by molar-refractivity contribution is 5.67. The monoisotopic (exact) mass is 306 g/mol. The van der Waals surface area contributed by atoms with Gasteiger partial charge in [-0.25, -0.2) is 14.8 Å². The summed E-state index contributed by atoms with van der Waals surface area (Å²) in [6.45, 7) is 7.02. The zero-order valence-electron chi connectivity index (χ0n) is 13.6. The van der Waals surface area contributed by atoms with Crippen LogP contribution in [0.3, 0.4) is 0 Å². The fourth-order valence-corrected chi connectivity index (χ4v) is 2.75. The Kier molecular flexibility index (Phi) is 5.71. The van der Waals surface area contributed by atoms with E-state index >= 15 is 0 Å². The predicted molar refractivity (Wildman–Crippen MR) is 84.2 cm³/mol. The lowest BCUT2D eigenvalue weighted by atomic mass is 10.0. The first-order valence-electron chi connectivity index (χ1n) is 7.88. The Bertz CT molecular complexity index is 473. The summed E-state index contributed by atoms with van der Waals surface area (Å²) in [5.41, 5.74) is 0.623. The second kappa shape index (κ2) is 7.54. The smallest absolute Gasteiger partial charge is 0.407 e. The Morgan fingerprint density at radius 1 is 1.32 bits per heavy atom. The Morgan fingerprint density at radius 3 is 2.73 bits per heavy atom. The largest absolute Gasteiger partial charge is 0.444 e. The molecule has 0 spiro atoms. The van der Waals surface area contributed by atoms with Crippen molar-refractivity contribution in [3.8, 4) is 0 Å². The normalized spacial score (nSPS) is 21.6. The summed E-state index contributed by atoms with van der Waals surface area (Å²) in [4.78, 5) is 19.8. The van der Waals surface area contributed by atoms with E-state index in [0.717, 1.165) is 24.9 Å². The maximum atomic E-state index is 11.7. The number of carbonyl (C=O) groups is 1. The standard InChI is InChI=1S/C16H26N4O2/c1-16(2,3)22-15(21)20-10-13-5-4-6-14(13)19-9-12-7-17-11-18-8-12/h7-8,11,13-14,19H,4-6,9-10H2,1-3H3,(H,20,21). The minimum absolute atomic E-state index is 0.338. The van der Waals surface area contributed by atoms with Crippen LogP contribution in [0.1, 0.15) is 45.6 Å². The number of ether oxygens (including phenoxy) is 1. The zero-order chi connectivity index (χ0) is 16.0. The summed E-state index contributed by atoms with van der Waals surface area (Å²) in [7, 11) is 0. The van der Waals surface area contributed by atoms with Crippen LogP contribution in [-0.4, -0.2) is 34.2 Å². The summed E-state index contributed by atoms with van der Waals surface area (Å²) in [5.74, 6) is 0.442. The van der Waals surface area contributed by atoms with Crippen molar-refractivity contribution >= 4 is 6.09 Å². The topological polar surface area (TPSA) is 76.1 Å². The van der Waals surface area contributed by atoms with E-state index in [-0.39, 0.29) is 6.09 Å². The van der Waals surface area contributed by atoms with Gasteiger partial charge in [-0.15, -0.1) is 0 Å². The molecule has 0 aliphatic heterocycles. The van der Waals surface area contributed by atoms with Gasteiger partial charge >= 0.3 is 6.09 Å². The van der Waals surface area contributed by atoms with Crippen LogP contribution in [0.2, 0.25) is 0 Å². The molecule has 6 nitrogen and oxygen atoms in total. The minimum atomic E-state index is -0.454. The predicted octanol–water partition coefficient (Wildman–Crippen LogP) is 2.26. The molecule has 0 radical (unpaired) electrons. The van der Waals surface area contributed by atoms with E-state index < -0.39 is 5.60 Å². The fraction of sp³-hybridized carbons (Fsp3) is 0.688. The second-order valence-electron chi connectivity index (χ2n) is 6.81. The molecule has 0 aromatic carbocycles. The van der Waals surface area contributed by atoms with Crippen molar-refractivity contribution in [3.05, 3.63) is 24.3 Å². The molecular formula is C16H26N4O2. The lowest BCUT2D eigenvalue weighted by Gasteiger charge is -2.23. The first kappa shape index (κ1) is 16.7. The van der Waals surface area contributed by atoms with Crippen LogP contribution >= 0.6 is 0 Å². The number of aromatic nitrogens is 2. The van der Waals surface area contributed by atoms with Gasteiger partial charge in [0.05, 0.1) is 0 Å². The van der Waals surface area contributed by atoms with E-state index in [1.54, 1.807) is 0 Å². The number of nitrogens with one attached hydrogen (secondary N) is 2. The van der Waals surface area contributed by atoms with Crippen molar-refractivity contribution in [1.29, 1.82) is 0 Å². The summed E-state index contributed by atoms with van der Waals surface area (Å²) in [5, 5.41) is 6.43. The maximum Gasteiger partial charge on any atom is 0.407 e. The van der Waals surface area contributed by atoms with Gasteiger partial charge in [0.25, 0.3) is 0 Å². The molecule has 122 valence electrons. The lowest BCUT2D eigenvalue weighted by Crippen LogP contribution is -2.40. The number of amides is 1. The Hall–Kier alpha value is -1.69. The Balaban J connectivity index is 1.75. The SMILES string of the molecule is CC(C)(C)OC(=O)NCC1CCCC1NCc1cncnc1. The Morgan fingerprint density at radius 2 is 2.05 bits per heavy atom. The Labute approximate surface area is 132 Å². The molecule has 0 saturated heterocycles. The van der Waals surface area contributed by atoms with E-state index in [9.17, 15) is 4.79 Å². The van der Waals surface area contributed by atoms with Crippen LogP contribution in [0.5, 0.6) is 0 Å². The van der Waals surface area contributed by atoms with Gasteiger partial charge in [-0.3, -0.25) is 0 Å². The van der Waals surface area contributed by atoms with E-state index in [1.807, 2.05) is 33.2 Å².